The van der Waals surface area contributed by atoms with Gasteiger partial charge in [-0.25, -0.2) is 19.0 Å². The molecule has 0 spiro atoms. The van der Waals surface area contributed by atoms with Crippen LogP contribution in [-0.2, 0) is 14.8 Å². The van der Waals surface area contributed by atoms with E-state index in [9.17, 15) is 14.0 Å². The molecule has 0 unspecified atom stereocenters. The van der Waals surface area contributed by atoms with Crippen LogP contribution in [0.2, 0.25) is 0 Å². The van der Waals surface area contributed by atoms with Crippen molar-refractivity contribution in [2.45, 2.75) is 58.1 Å². The standard InChI is InChI=1S/C20H24BrFN2O4/c1-19(2,3)27-17(25)24(18(26)28-20(4,5)6)16-14(22)10-13-8-7-12(11-21)9-15(13)23-16/h7-10H,11H2,1-6H3. The second-order valence-electron chi connectivity index (χ2n) is 8.25. The van der Waals surface area contributed by atoms with Gasteiger partial charge in [0.05, 0.1) is 5.52 Å². The third-order valence-electron chi connectivity index (χ3n) is 3.34. The Hall–Kier alpha value is -2.22. The van der Waals surface area contributed by atoms with Crippen molar-refractivity contribution in [3.05, 3.63) is 35.6 Å². The van der Waals surface area contributed by atoms with E-state index in [0.717, 1.165) is 5.56 Å². The van der Waals surface area contributed by atoms with Gasteiger partial charge in [0.2, 0.25) is 0 Å². The highest BCUT2D eigenvalue weighted by Crippen LogP contribution is 2.27. The Bertz CT molecular complexity index is 875. The van der Waals surface area contributed by atoms with E-state index in [1.165, 1.54) is 6.07 Å². The first kappa shape index (κ1) is 22.1. The summed E-state index contributed by atoms with van der Waals surface area (Å²) in [5.41, 5.74) is -0.439. The van der Waals surface area contributed by atoms with Crippen molar-refractivity contribution in [1.29, 1.82) is 0 Å². The van der Waals surface area contributed by atoms with Crippen LogP contribution in [0, 0.1) is 5.82 Å². The molecule has 8 heteroatoms. The van der Waals surface area contributed by atoms with E-state index in [1.54, 1.807) is 53.7 Å². The van der Waals surface area contributed by atoms with Gasteiger partial charge in [-0.2, -0.15) is 4.90 Å². The van der Waals surface area contributed by atoms with Crippen LogP contribution in [0.15, 0.2) is 24.3 Å². The predicted octanol–water partition coefficient (Wildman–Crippen LogP) is 5.95. The van der Waals surface area contributed by atoms with Crippen LogP contribution in [0.4, 0.5) is 19.8 Å². The normalized spacial score (nSPS) is 12.0. The van der Waals surface area contributed by atoms with Crippen LogP contribution in [0.3, 0.4) is 0 Å². The van der Waals surface area contributed by atoms with Gasteiger partial charge in [0.15, 0.2) is 11.6 Å². The zero-order valence-electron chi connectivity index (χ0n) is 16.8. The number of carbonyl (C=O) groups excluding carboxylic acids is 2. The molecule has 2 amide bonds. The maximum Gasteiger partial charge on any atom is 0.425 e. The number of nitrogens with zero attached hydrogens (tertiary/aromatic N) is 2. The van der Waals surface area contributed by atoms with Gasteiger partial charge in [-0.1, -0.05) is 28.1 Å². The summed E-state index contributed by atoms with van der Waals surface area (Å²) in [4.78, 5) is 30.1. The molecular weight excluding hydrogens is 431 g/mol. The van der Waals surface area contributed by atoms with E-state index in [0.29, 0.717) is 21.1 Å². The fourth-order valence-electron chi connectivity index (χ4n) is 2.28. The van der Waals surface area contributed by atoms with Gasteiger partial charge in [0.1, 0.15) is 11.2 Å². The molecule has 0 saturated carbocycles. The highest BCUT2D eigenvalue weighted by atomic mass is 79.9. The minimum absolute atomic E-state index is 0.436. The summed E-state index contributed by atoms with van der Waals surface area (Å²) in [6.45, 7) is 9.86. The van der Waals surface area contributed by atoms with Gasteiger partial charge in [0, 0.05) is 10.7 Å². The summed E-state index contributed by atoms with van der Waals surface area (Å²) in [7, 11) is 0. The molecule has 2 aromatic rings. The van der Waals surface area contributed by atoms with Crippen LogP contribution >= 0.6 is 15.9 Å². The molecule has 1 aromatic carbocycles. The molecule has 1 aromatic heterocycles. The number of carbonyl (C=O) groups is 2. The number of alkyl halides is 1. The Kier molecular flexibility index (Phi) is 6.33. The third kappa shape index (κ3) is 5.64. The van der Waals surface area contributed by atoms with Crippen LogP contribution in [0.25, 0.3) is 10.9 Å². The van der Waals surface area contributed by atoms with Crippen molar-refractivity contribution in [2.24, 2.45) is 0 Å². The Morgan fingerprint density at radius 3 is 2.04 bits per heavy atom. The molecule has 2 rings (SSSR count). The van der Waals surface area contributed by atoms with E-state index < -0.39 is 35.0 Å². The highest BCUT2D eigenvalue weighted by molar-refractivity contribution is 9.08. The SMILES string of the molecule is CC(C)(C)OC(=O)N(C(=O)OC(C)(C)C)c1nc2cc(CBr)ccc2cc1F. The zero-order valence-corrected chi connectivity index (χ0v) is 18.4. The number of hydrogen-bond acceptors (Lipinski definition) is 5. The van der Waals surface area contributed by atoms with Crippen molar-refractivity contribution in [3.63, 3.8) is 0 Å². The minimum Gasteiger partial charge on any atom is -0.443 e. The lowest BCUT2D eigenvalue weighted by molar-refractivity contribution is 0.0427. The van der Waals surface area contributed by atoms with Crippen molar-refractivity contribution in [3.8, 4) is 0 Å². The molecular formula is C20H24BrFN2O4. The first-order valence-electron chi connectivity index (χ1n) is 8.72. The lowest BCUT2D eigenvalue weighted by atomic mass is 10.1. The van der Waals surface area contributed by atoms with Gasteiger partial charge in [-0.3, -0.25) is 0 Å². The van der Waals surface area contributed by atoms with E-state index in [-0.39, 0.29) is 0 Å². The number of anilines is 1. The number of pyridine rings is 1. The maximum absolute atomic E-state index is 14.8. The van der Waals surface area contributed by atoms with Crippen molar-refractivity contribution in [1.82, 2.24) is 4.98 Å². The zero-order chi connectivity index (χ0) is 21.3. The number of imide groups is 1. The fraction of sp³-hybridized carbons (Fsp3) is 0.450. The van der Waals surface area contributed by atoms with Gasteiger partial charge >= 0.3 is 12.2 Å². The Balaban J connectivity index is 2.59. The number of aromatic nitrogens is 1. The molecule has 152 valence electrons. The lowest BCUT2D eigenvalue weighted by Crippen LogP contribution is -2.44. The second-order valence-corrected chi connectivity index (χ2v) is 8.81. The monoisotopic (exact) mass is 454 g/mol. The van der Waals surface area contributed by atoms with Crippen molar-refractivity contribution >= 4 is 44.8 Å². The van der Waals surface area contributed by atoms with E-state index in [2.05, 4.69) is 20.9 Å². The average molecular weight is 455 g/mol. The summed E-state index contributed by atoms with van der Waals surface area (Å²) in [5, 5.41) is 1.12. The van der Waals surface area contributed by atoms with Crippen LogP contribution in [0.5, 0.6) is 0 Å². The van der Waals surface area contributed by atoms with Crippen molar-refractivity contribution < 1.29 is 23.5 Å². The van der Waals surface area contributed by atoms with Gasteiger partial charge < -0.3 is 9.47 Å². The number of ether oxygens (including phenoxy) is 2. The first-order chi connectivity index (χ1) is 12.8. The minimum atomic E-state index is -1.07. The number of halogens is 2. The molecule has 0 N–H and O–H groups in total. The Morgan fingerprint density at radius 1 is 1.04 bits per heavy atom. The smallest absolute Gasteiger partial charge is 0.425 e. The van der Waals surface area contributed by atoms with Crippen LogP contribution in [-0.4, -0.2) is 28.4 Å². The van der Waals surface area contributed by atoms with E-state index >= 15 is 0 Å². The number of hydrogen-bond donors (Lipinski definition) is 0. The van der Waals surface area contributed by atoms with E-state index in [4.69, 9.17) is 9.47 Å². The largest absolute Gasteiger partial charge is 0.443 e. The number of fused-ring (bicyclic) bond motifs is 1. The fourth-order valence-corrected chi connectivity index (χ4v) is 2.63. The summed E-state index contributed by atoms with van der Waals surface area (Å²) in [6, 6.07) is 6.52. The number of benzene rings is 1. The molecule has 0 aliphatic heterocycles. The van der Waals surface area contributed by atoms with Gasteiger partial charge in [0.25, 0.3) is 0 Å². The van der Waals surface area contributed by atoms with Gasteiger partial charge in [-0.05, 0) is 59.2 Å². The average Bonchev–Trinajstić information content (AvgIpc) is 2.51. The van der Waals surface area contributed by atoms with Crippen LogP contribution in [0.1, 0.15) is 47.1 Å². The molecule has 0 atom stereocenters. The summed E-state index contributed by atoms with van der Waals surface area (Å²) < 4.78 is 25.4. The van der Waals surface area contributed by atoms with Crippen molar-refractivity contribution in [2.75, 3.05) is 4.90 Å². The van der Waals surface area contributed by atoms with Crippen LogP contribution < -0.4 is 4.90 Å². The predicted molar refractivity (Wildman–Crippen MR) is 109 cm³/mol. The molecule has 1 heterocycles. The third-order valence-corrected chi connectivity index (χ3v) is 3.98. The highest BCUT2D eigenvalue weighted by Gasteiger charge is 2.35. The number of amides is 2. The Labute approximate surface area is 172 Å². The lowest BCUT2D eigenvalue weighted by Gasteiger charge is -2.28. The second kappa shape index (κ2) is 8.03. The first-order valence-corrected chi connectivity index (χ1v) is 9.84. The molecule has 0 saturated heterocycles. The summed E-state index contributed by atoms with van der Waals surface area (Å²) in [5.74, 6) is -1.31. The molecule has 28 heavy (non-hydrogen) atoms. The molecule has 0 aliphatic rings. The maximum atomic E-state index is 14.8. The molecule has 6 nitrogen and oxygen atoms in total. The number of rotatable bonds is 2. The summed E-state index contributed by atoms with van der Waals surface area (Å²) in [6.07, 6.45) is -2.13. The van der Waals surface area contributed by atoms with Gasteiger partial charge in [-0.15, -0.1) is 0 Å². The quantitative estimate of drug-likeness (QED) is 0.524. The summed E-state index contributed by atoms with van der Waals surface area (Å²) >= 11 is 3.36. The molecule has 0 aliphatic carbocycles. The Morgan fingerprint density at radius 2 is 1.57 bits per heavy atom. The molecule has 0 fully saturated rings. The molecule has 0 radical (unpaired) electrons. The molecule has 0 bridgehead atoms. The topological polar surface area (TPSA) is 68.7 Å². The van der Waals surface area contributed by atoms with E-state index in [1.807, 2.05) is 6.07 Å².